The molecule has 23 heavy (non-hydrogen) atoms. The Balaban J connectivity index is 1.97. The van der Waals surface area contributed by atoms with Crippen molar-refractivity contribution >= 4 is 11.9 Å². The summed E-state index contributed by atoms with van der Waals surface area (Å²) in [6.45, 7) is 7.24. The summed E-state index contributed by atoms with van der Waals surface area (Å²) in [6, 6.07) is 7.16. The van der Waals surface area contributed by atoms with Crippen LogP contribution in [0.15, 0.2) is 36.4 Å². The number of benzene rings is 1. The molecule has 5 nitrogen and oxygen atoms in total. The standard InChI is InChI=1S/C18H23NO4/c1-13(2)12-23-16-6-4-5-15(11-16)17(20)19-9-7-14(8-10-19)18(21)22-3/h4-6,11,14H,1,7-10,12H2,2-3H3. The van der Waals surface area contributed by atoms with Crippen molar-refractivity contribution in [1.82, 2.24) is 4.90 Å². The highest BCUT2D eigenvalue weighted by molar-refractivity contribution is 5.94. The number of likely N-dealkylation sites (tertiary alicyclic amines) is 1. The summed E-state index contributed by atoms with van der Waals surface area (Å²) in [4.78, 5) is 25.9. The summed E-state index contributed by atoms with van der Waals surface area (Å²) in [5.74, 6) is 0.332. The molecule has 1 fully saturated rings. The van der Waals surface area contributed by atoms with E-state index in [4.69, 9.17) is 9.47 Å². The van der Waals surface area contributed by atoms with E-state index in [0.29, 0.717) is 43.9 Å². The summed E-state index contributed by atoms with van der Waals surface area (Å²) in [6.07, 6.45) is 1.29. The number of amides is 1. The van der Waals surface area contributed by atoms with Crippen molar-refractivity contribution < 1.29 is 19.1 Å². The van der Waals surface area contributed by atoms with E-state index in [2.05, 4.69) is 6.58 Å². The lowest BCUT2D eigenvalue weighted by Crippen LogP contribution is -2.40. The van der Waals surface area contributed by atoms with Crippen molar-refractivity contribution in [2.45, 2.75) is 19.8 Å². The van der Waals surface area contributed by atoms with E-state index < -0.39 is 0 Å². The molecule has 1 aliphatic rings. The van der Waals surface area contributed by atoms with Gasteiger partial charge in [0.05, 0.1) is 13.0 Å². The quantitative estimate of drug-likeness (QED) is 0.619. The molecule has 0 N–H and O–H groups in total. The highest BCUT2D eigenvalue weighted by Gasteiger charge is 2.28. The molecular weight excluding hydrogens is 294 g/mol. The number of rotatable bonds is 5. The van der Waals surface area contributed by atoms with Gasteiger partial charge in [-0.25, -0.2) is 0 Å². The SMILES string of the molecule is C=C(C)COc1cccc(C(=O)N2CCC(C(=O)OC)CC2)c1. The van der Waals surface area contributed by atoms with Gasteiger partial charge in [0.25, 0.3) is 5.91 Å². The number of ether oxygens (including phenoxy) is 2. The maximum absolute atomic E-state index is 12.6. The molecule has 0 aromatic heterocycles. The Labute approximate surface area is 136 Å². The molecular formula is C18H23NO4. The van der Waals surface area contributed by atoms with E-state index in [1.165, 1.54) is 7.11 Å². The lowest BCUT2D eigenvalue weighted by atomic mass is 9.96. The van der Waals surface area contributed by atoms with Gasteiger partial charge in [0, 0.05) is 18.7 Å². The molecule has 0 bridgehead atoms. The van der Waals surface area contributed by atoms with Gasteiger partial charge < -0.3 is 14.4 Å². The number of piperidine rings is 1. The fourth-order valence-corrected chi connectivity index (χ4v) is 2.59. The van der Waals surface area contributed by atoms with Crippen molar-refractivity contribution in [3.8, 4) is 5.75 Å². The largest absolute Gasteiger partial charge is 0.489 e. The van der Waals surface area contributed by atoms with E-state index in [1.54, 1.807) is 17.0 Å². The smallest absolute Gasteiger partial charge is 0.308 e. The van der Waals surface area contributed by atoms with Gasteiger partial charge in [-0.1, -0.05) is 12.6 Å². The fraction of sp³-hybridized carbons (Fsp3) is 0.444. The predicted octanol–water partition coefficient (Wildman–Crippen LogP) is 2.67. The van der Waals surface area contributed by atoms with Gasteiger partial charge in [0.1, 0.15) is 12.4 Å². The van der Waals surface area contributed by atoms with Gasteiger partial charge in [-0.2, -0.15) is 0 Å². The van der Waals surface area contributed by atoms with Crippen LogP contribution in [0, 0.1) is 5.92 Å². The van der Waals surface area contributed by atoms with E-state index in [-0.39, 0.29) is 17.8 Å². The van der Waals surface area contributed by atoms with Gasteiger partial charge in [0.2, 0.25) is 0 Å². The summed E-state index contributed by atoms with van der Waals surface area (Å²) in [7, 11) is 1.40. The zero-order valence-electron chi connectivity index (χ0n) is 13.7. The first-order valence-corrected chi connectivity index (χ1v) is 7.75. The van der Waals surface area contributed by atoms with Crippen LogP contribution in [-0.4, -0.2) is 43.6 Å². The average Bonchev–Trinajstić information content (AvgIpc) is 2.59. The first-order chi connectivity index (χ1) is 11.0. The van der Waals surface area contributed by atoms with E-state index >= 15 is 0 Å². The molecule has 0 spiro atoms. The second-order valence-corrected chi connectivity index (χ2v) is 5.86. The van der Waals surface area contributed by atoms with Gasteiger partial charge in [-0.05, 0) is 43.5 Å². The fourth-order valence-electron chi connectivity index (χ4n) is 2.59. The number of carbonyl (C=O) groups is 2. The lowest BCUT2D eigenvalue weighted by Gasteiger charge is -2.30. The maximum Gasteiger partial charge on any atom is 0.308 e. The third-order valence-corrected chi connectivity index (χ3v) is 3.88. The minimum Gasteiger partial charge on any atom is -0.489 e. The Morgan fingerprint density at radius 1 is 1.30 bits per heavy atom. The zero-order valence-corrected chi connectivity index (χ0v) is 13.7. The minimum atomic E-state index is -0.188. The molecule has 1 aromatic carbocycles. The molecule has 2 rings (SSSR count). The predicted molar refractivity (Wildman–Crippen MR) is 87.4 cm³/mol. The normalized spacial score (nSPS) is 15.1. The number of hydrogen-bond acceptors (Lipinski definition) is 4. The van der Waals surface area contributed by atoms with Crippen molar-refractivity contribution in [3.05, 3.63) is 42.0 Å². The molecule has 1 saturated heterocycles. The first-order valence-electron chi connectivity index (χ1n) is 7.75. The van der Waals surface area contributed by atoms with Crippen LogP contribution >= 0.6 is 0 Å². The van der Waals surface area contributed by atoms with Crippen LogP contribution in [0.25, 0.3) is 0 Å². The van der Waals surface area contributed by atoms with Crippen LogP contribution < -0.4 is 4.74 Å². The summed E-state index contributed by atoms with van der Waals surface area (Å²) < 4.78 is 10.3. The highest BCUT2D eigenvalue weighted by atomic mass is 16.5. The van der Waals surface area contributed by atoms with Crippen LogP contribution in [0.1, 0.15) is 30.1 Å². The molecule has 1 heterocycles. The minimum absolute atomic E-state index is 0.0332. The molecule has 0 saturated carbocycles. The van der Waals surface area contributed by atoms with Crippen LogP contribution in [0.5, 0.6) is 5.75 Å². The molecule has 0 atom stereocenters. The monoisotopic (exact) mass is 317 g/mol. The summed E-state index contributed by atoms with van der Waals surface area (Å²) in [5, 5.41) is 0. The molecule has 0 aliphatic carbocycles. The third-order valence-electron chi connectivity index (χ3n) is 3.88. The zero-order chi connectivity index (χ0) is 16.8. The van der Waals surface area contributed by atoms with E-state index in [9.17, 15) is 9.59 Å². The Morgan fingerprint density at radius 3 is 2.61 bits per heavy atom. The van der Waals surface area contributed by atoms with Gasteiger partial charge in [0.15, 0.2) is 0 Å². The number of hydrogen-bond donors (Lipinski definition) is 0. The molecule has 1 aliphatic heterocycles. The topological polar surface area (TPSA) is 55.8 Å². The molecule has 5 heteroatoms. The Bertz CT molecular complexity index is 588. The van der Waals surface area contributed by atoms with Crippen molar-refractivity contribution in [2.75, 3.05) is 26.8 Å². The third kappa shape index (κ3) is 4.58. The molecule has 0 radical (unpaired) electrons. The second kappa shape index (κ2) is 7.81. The molecule has 0 unspecified atom stereocenters. The molecule has 124 valence electrons. The van der Waals surface area contributed by atoms with Crippen LogP contribution in [-0.2, 0) is 9.53 Å². The number of methoxy groups -OCH3 is 1. The Morgan fingerprint density at radius 2 is 2.00 bits per heavy atom. The van der Waals surface area contributed by atoms with Gasteiger partial charge >= 0.3 is 5.97 Å². The molecule has 1 aromatic rings. The number of carbonyl (C=O) groups excluding carboxylic acids is 2. The Kier molecular flexibility index (Phi) is 5.79. The first kappa shape index (κ1) is 17.1. The highest BCUT2D eigenvalue weighted by Crippen LogP contribution is 2.21. The average molecular weight is 317 g/mol. The maximum atomic E-state index is 12.6. The van der Waals surface area contributed by atoms with Crippen LogP contribution in [0.2, 0.25) is 0 Å². The molecule has 1 amide bonds. The van der Waals surface area contributed by atoms with Crippen molar-refractivity contribution in [1.29, 1.82) is 0 Å². The van der Waals surface area contributed by atoms with Crippen LogP contribution in [0.4, 0.5) is 0 Å². The van der Waals surface area contributed by atoms with Crippen molar-refractivity contribution in [3.63, 3.8) is 0 Å². The second-order valence-electron chi connectivity index (χ2n) is 5.86. The van der Waals surface area contributed by atoms with Crippen molar-refractivity contribution in [2.24, 2.45) is 5.92 Å². The van der Waals surface area contributed by atoms with Gasteiger partial charge in [-0.15, -0.1) is 0 Å². The lowest BCUT2D eigenvalue weighted by molar-refractivity contribution is -0.146. The Hall–Kier alpha value is -2.30. The summed E-state index contributed by atoms with van der Waals surface area (Å²) >= 11 is 0. The summed E-state index contributed by atoms with van der Waals surface area (Å²) in [5.41, 5.74) is 1.52. The van der Waals surface area contributed by atoms with Crippen LogP contribution in [0.3, 0.4) is 0 Å². The number of esters is 1. The van der Waals surface area contributed by atoms with E-state index in [1.807, 2.05) is 19.1 Å². The number of nitrogens with zero attached hydrogens (tertiary/aromatic N) is 1. The van der Waals surface area contributed by atoms with Gasteiger partial charge in [-0.3, -0.25) is 9.59 Å². The van der Waals surface area contributed by atoms with E-state index in [0.717, 1.165) is 5.57 Å².